The molecule has 0 aliphatic carbocycles. The summed E-state index contributed by atoms with van der Waals surface area (Å²) in [5, 5.41) is 2.83. The van der Waals surface area contributed by atoms with Gasteiger partial charge >= 0.3 is 0 Å². The van der Waals surface area contributed by atoms with E-state index < -0.39 is 0 Å². The summed E-state index contributed by atoms with van der Waals surface area (Å²) >= 11 is 4.21. The molecule has 0 saturated carbocycles. The second kappa shape index (κ2) is 5.69. The molecule has 1 amide bonds. The molecule has 0 unspecified atom stereocenters. The van der Waals surface area contributed by atoms with Gasteiger partial charge in [0.25, 0.3) is 5.91 Å². The number of hydrogen-bond donors (Lipinski definition) is 2. The number of carbonyl (C=O) groups is 1. The largest absolute Gasteiger partial charge is 0.347 e. The molecule has 2 rings (SSSR count). The van der Waals surface area contributed by atoms with Crippen LogP contribution in [0.15, 0.2) is 47.5 Å². The van der Waals surface area contributed by atoms with Crippen molar-refractivity contribution < 1.29 is 4.79 Å². The standard InChI is InChI=1S/C14H14N2OS/c1-10-4-6-11(7-5-10)9-16-14(17)13-12(18)3-2-8-15-13/h2-8,18H,9H2,1H3,(H,16,17). The van der Waals surface area contributed by atoms with Crippen LogP contribution in [-0.2, 0) is 6.54 Å². The molecule has 0 spiro atoms. The SMILES string of the molecule is Cc1ccc(CNC(=O)c2ncccc2S)cc1. The molecule has 18 heavy (non-hydrogen) atoms. The van der Waals surface area contributed by atoms with Gasteiger partial charge in [-0.1, -0.05) is 29.8 Å². The van der Waals surface area contributed by atoms with Crippen LogP contribution in [0.4, 0.5) is 0 Å². The summed E-state index contributed by atoms with van der Waals surface area (Å²) in [5.74, 6) is -0.207. The molecule has 0 saturated heterocycles. The number of pyridine rings is 1. The van der Waals surface area contributed by atoms with Crippen LogP contribution in [0.3, 0.4) is 0 Å². The van der Waals surface area contributed by atoms with Crippen LogP contribution in [0.2, 0.25) is 0 Å². The molecule has 92 valence electrons. The van der Waals surface area contributed by atoms with Crippen molar-refractivity contribution >= 4 is 18.5 Å². The number of aromatic nitrogens is 1. The predicted molar refractivity (Wildman–Crippen MR) is 73.8 cm³/mol. The van der Waals surface area contributed by atoms with Crippen LogP contribution >= 0.6 is 12.6 Å². The van der Waals surface area contributed by atoms with Crippen molar-refractivity contribution in [2.75, 3.05) is 0 Å². The second-order valence-electron chi connectivity index (χ2n) is 4.04. The van der Waals surface area contributed by atoms with E-state index >= 15 is 0 Å². The van der Waals surface area contributed by atoms with Crippen molar-refractivity contribution in [3.63, 3.8) is 0 Å². The van der Waals surface area contributed by atoms with Crippen molar-refractivity contribution in [3.05, 3.63) is 59.4 Å². The fourth-order valence-corrected chi connectivity index (χ4v) is 1.79. The molecule has 0 aliphatic rings. The number of thiol groups is 1. The summed E-state index contributed by atoms with van der Waals surface area (Å²) < 4.78 is 0. The number of hydrogen-bond acceptors (Lipinski definition) is 3. The van der Waals surface area contributed by atoms with E-state index in [-0.39, 0.29) is 5.91 Å². The molecule has 0 bridgehead atoms. The molecule has 1 heterocycles. The maximum Gasteiger partial charge on any atom is 0.271 e. The Morgan fingerprint density at radius 2 is 2.00 bits per heavy atom. The first-order valence-corrected chi connectivity index (χ1v) is 6.09. The number of nitrogens with zero attached hydrogens (tertiary/aromatic N) is 1. The lowest BCUT2D eigenvalue weighted by atomic mass is 10.1. The summed E-state index contributed by atoms with van der Waals surface area (Å²) in [7, 11) is 0. The zero-order valence-corrected chi connectivity index (χ0v) is 10.9. The number of aryl methyl sites for hydroxylation is 1. The van der Waals surface area contributed by atoms with Gasteiger partial charge in [0, 0.05) is 17.6 Å². The first kappa shape index (κ1) is 12.6. The van der Waals surface area contributed by atoms with E-state index in [2.05, 4.69) is 22.9 Å². The Bertz CT molecular complexity index is 552. The van der Waals surface area contributed by atoms with E-state index in [0.29, 0.717) is 17.1 Å². The van der Waals surface area contributed by atoms with Gasteiger partial charge in [-0.15, -0.1) is 12.6 Å². The molecular weight excluding hydrogens is 244 g/mol. The fourth-order valence-electron chi connectivity index (χ4n) is 1.54. The van der Waals surface area contributed by atoms with Crippen LogP contribution < -0.4 is 5.32 Å². The maximum atomic E-state index is 11.9. The summed E-state index contributed by atoms with van der Waals surface area (Å²) in [5.41, 5.74) is 2.62. The highest BCUT2D eigenvalue weighted by Crippen LogP contribution is 2.10. The Morgan fingerprint density at radius 3 is 2.67 bits per heavy atom. The molecule has 1 N–H and O–H groups in total. The van der Waals surface area contributed by atoms with Crippen LogP contribution in [0.5, 0.6) is 0 Å². The normalized spacial score (nSPS) is 10.1. The zero-order valence-electron chi connectivity index (χ0n) is 10.1. The molecule has 0 fully saturated rings. The average molecular weight is 258 g/mol. The number of nitrogens with one attached hydrogen (secondary N) is 1. The van der Waals surface area contributed by atoms with Gasteiger partial charge in [0.2, 0.25) is 0 Å². The van der Waals surface area contributed by atoms with E-state index in [1.165, 1.54) is 5.56 Å². The molecule has 2 aromatic rings. The highest BCUT2D eigenvalue weighted by atomic mass is 32.1. The molecular formula is C14H14N2OS. The third-order valence-corrected chi connectivity index (χ3v) is 2.94. The summed E-state index contributed by atoms with van der Waals surface area (Å²) in [6.07, 6.45) is 1.58. The molecule has 3 nitrogen and oxygen atoms in total. The van der Waals surface area contributed by atoms with E-state index in [1.807, 2.05) is 31.2 Å². The summed E-state index contributed by atoms with van der Waals surface area (Å²) in [6.45, 7) is 2.52. The number of benzene rings is 1. The highest BCUT2D eigenvalue weighted by molar-refractivity contribution is 7.80. The minimum absolute atomic E-state index is 0.207. The van der Waals surface area contributed by atoms with E-state index in [1.54, 1.807) is 18.3 Å². The predicted octanol–water partition coefficient (Wildman–Crippen LogP) is 2.61. The van der Waals surface area contributed by atoms with Crippen LogP contribution in [-0.4, -0.2) is 10.9 Å². The highest BCUT2D eigenvalue weighted by Gasteiger charge is 2.09. The maximum absolute atomic E-state index is 11.9. The van der Waals surface area contributed by atoms with Crippen molar-refractivity contribution in [3.8, 4) is 0 Å². The third-order valence-electron chi connectivity index (χ3n) is 2.58. The van der Waals surface area contributed by atoms with Gasteiger partial charge in [-0.25, -0.2) is 4.98 Å². The molecule has 1 aromatic carbocycles. The van der Waals surface area contributed by atoms with E-state index in [4.69, 9.17) is 0 Å². The smallest absolute Gasteiger partial charge is 0.271 e. The van der Waals surface area contributed by atoms with Gasteiger partial charge in [0.05, 0.1) is 0 Å². The lowest BCUT2D eigenvalue weighted by Crippen LogP contribution is -2.24. The van der Waals surface area contributed by atoms with Gasteiger partial charge in [-0.05, 0) is 24.6 Å². The van der Waals surface area contributed by atoms with Gasteiger partial charge < -0.3 is 5.32 Å². The monoisotopic (exact) mass is 258 g/mol. The van der Waals surface area contributed by atoms with Crippen molar-refractivity contribution in [2.45, 2.75) is 18.4 Å². The van der Waals surface area contributed by atoms with Crippen molar-refractivity contribution in [2.24, 2.45) is 0 Å². The van der Waals surface area contributed by atoms with Gasteiger partial charge in [-0.2, -0.15) is 0 Å². The molecule has 1 aromatic heterocycles. The zero-order chi connectivity index (χ0) is 13.0. The molecule has 4 heteroatoms. The quantitative estimate of drug-likeness (QED) is 0.831. The second-order valence-corrected chi connectivity index (χ2v) is 4.52. The average Bonchev–Trinajstić information content (AvgIpc) is 2.38. The van der Waals surface area contributed by atoms with Gasteiger partial charge in [0.1, 0.15) is 5.69 Å². The van der Waals surface area contributed by atoms with Crippen LogP contribution in [0.25, 0.3) is 0 Å². The topological polar surface area (TPSA) is 42.0 Å². The van der Waals surface area contributed by atoms with Crippen molar-refractivity contribution in [1.29, 1.82) is 0 Å². The third kappa shape index (κ3) is 3.11. The lowest BCUT2D eigenvalue weighted by molar-refractivity contribution is 0.0943. The Morgan fingerprint density at radius 1 is 1.28 bits per heavy atom. The molecule has 0 atom stereocenters. The minimum atomic E-state index is -0.207. The first-order valence-electron chi connectivity index (χ1n) is 5.64. The Kier molecular flexibility index (Phi) is 3.99. The van der Waals surface area contributed by atoms with Gasteiger partial charge in [0.15, 0.2) is 0 Å². The Hall–Kier alpha value is -1.81. The number of rotatable bonds is 3. The van der Waals surface area contributed by atoms with E-state index in [0.717, 1.165) is 5.56 Å². The minimum Gasteiger partial charge on any atom is -0.347 e. The lowest BCUT2D eigenvalue weighted by Gasteiger charge is -2.06. The van der Waals surface area contributed by atoms with E-state index in [9.17, 15) is 4.79 Å². The Balaban J connectivity index is 2.01. The number of amides is 1. The summed E-state index contributed by atoms with van der Waals surface area (Å²) in [6, 6.07) is 11.5. The van der Waals surface area contributed by atoms with Crippen LogP contribution in [0.1, 0.15) is 21.6 Å². The summed E-state index contributed by atoms with van der Waals surface area (Å²) in [4.78, 5) is 16.5. The number of carbonyl (C=O) groups excluding carboxylic acids is 1. The first-order chi connectivity index (χ1) is 8.66. The van der Waals surface area contributed by atoms with Crippen molar-refractivity contribution in [1.82, 2.24) is 10.3 Å². The fraction of sp³-hybridized carbons (Fsp3) is 0.143. The molecule has 0 radical (unpaired) electrons. The Labute approximate surface area is 112 Å². The van der Waals surface area contributed by atoms with Crippen LogP contribution in [0, 0.1) is 6.92 Å². The molecule has 0 aliphatic heterocycles. The van der Waals surface area contributed by atoms with Gasteiger partial charge in [-0.3, -0.25) is 4.79 Å².